The molecule has 1 saturated heterocycles. The highest BCUT2D eigenvalue weighted by Crippen LogP contribution is 2.25. The number of benzene rings is 2. The van der Waals surface area contributed by atoms with Gasteiger partial charge in [-0.1, -0.05) is 60.7 Å². The first kappa shape index (κ1) is 24.5. The summed E-state index contributed by atoms with van der Waals surface area (Å²) >= 11 is 0. The molecule has 3 aromatic heterocycles. The summed E-state index contributed by atoms with van der Waals surface area (Å²) in [5, 5.41) is 16.0. The average molecular weight is 521 g/mol. The number of anilines is 1. The van der Waals surface area contributed by atoms with Gasteiger partial charge in [0.15, 0.2) is 11.5 Å². The first-order chi connectivity index (χ1) is 19.2. The number of carbonyl (C=O) groups excluding carboxylic acids is 1. The van der Waals surface area contributed by atoms with Crippen LogP contribution in [-0.2, 0) is 4.79 Å². The van der Waals surface area contributed by atoms with Gasteiger partial charge >= 0.3 is 0 Å². The predicted octanol–water partition coefficient (Wildman–Crippen LogP) is 3.66. The Bertz CT molecular complexity index is 1560. The highest BCUT2D eigenvalue weighted by atomic mass is 16.5. The Hall–Kier alpha value is -4.86. The van der Waals surface area contributed by atoms with Crippen LogP contribution in [0, 0.1) is 5.92 Å². The van der Waals surface area contributed by atoms with Gasteiger partial charge in [0, 0.05) is 36.3 Å². The number of amides is 1. The van der Waals surface area contributed by atoms with Gasteiger partial charge in [0.1, 0.15) is 18.8 Å². The molecule has 196 valence electrons. The summed E-state index contributed by atoms with van der Waals surface area (Å²) in [6.07, 6.45) is 3.35. The molecule has 5 aromatic rings. The van der Waals surface area contributed by atoms with Crippen LogP contribution in [0.2, 0.25) is 0 Å². The van der Waals surface area contributed by atoms with E-state index in [2.05, 4.69) is 35.5 Å². The molecule has 0 spiro atoms. The van der Waals surface area contributed by atoms with E-state index in [-0.39, 0.29) is 11.8 Å². The van der Waals surface area contributed by atoms with E-state index in [9.17, 15) is 4.79 Å². The van der Waals surface area contributed by atoms with E-state index in [1.54, 1.807) is 16.9 Å². The van der Waals surface area contributed by atoms with E-state index in [0.29, 0.717) is 37.0 Å². The lowest BCUT2D eigenvalue weighted by Crippen LogP contribution is -2.44. The van der Waals surface area contributed by atoms with E-state index in [4.69, 9.17) is 4.74 Å². The zero-order valence-corrected chi connectivity index (χ0v) is 21.3. The van der Waals surface area contributed by atoms with Crippen molar-refractivity contribution in [2.24, 2.45) is 5.92 Å². The first-order valence-electron chi connectivity index (χ1n) is 13.1. The Labute approximate surface area is 225 Å². The second kappa shape index (κ2) is 11.3. The Kier molecular flexibility index (Phi) is 7.07. The van der Waals surface area contributed by atoms with Crippen molar-refractivity contribution in [3.8, 4) is 28.5 Å². The molecule has 0 saturated carbocycles. The zero-order valence-electron chi connectivity index (χ0n) is 21.3. The summed E-state index contributed by atoms with van der Waals surface area (Å²) < 4.78 is 7.49. The van der Waals surface area contributed by atoms with Gasteiger partial charge in [0.25, 0.3) is 0 Å². The van der Waals surface area contributed by atoms with Gasteiger partial charge in [-0.2, -0.15) is 4.52 Å². The molecule has 6 rings (SSSR count). The van der Waals surface area contributed by atoms with E-state index < -0.39 is 0 Å². The van der Waals surface area contributed by atoms with E-state index in [1.807, 2.05) is 72.8 Å². The Morgan fingerprint density at radius 2 is 1.74 bits per heavy atom. The second-order valence-electron chi connectivity index (χ2n) is 9.38. The second-order valence-corrected chi connectivity index (χ2v) is 9.38. The quantitative estimate of drug-likeness (QED) is 0.309. The number of aromatic nitrogens is 6. The Morgan fingerprint density at radius 3 is 2.56 bits per heavy atom. The summed E-state index contributed by atoms with van der Waals surface area (Å²) in [5.41, 5.74) is 3.47. The van der Waals surface area contributed by atoms with E-state index in [1.165, 1.54) is 0 Å². The Morgan fingerprint density at radius 1 is 0.949 bits per heavy atom. The monoisotopic (exact) mass is 520 g/mol. The molecular weight excluding hydrogens is 492 g/mol. The summed E-state index contributed by atoms with van der Waals surface area (Å²) in [6, 6.07) is 25.4. The number of piperidine rings is 1. The fourth-order valence-corrected chi connectivity index (χ4v) is 4.78. The van der Waals surface area contributed by atoms with Crippen LogP contribution in [0.1, 0.15) is 12.8 Å². The van der Waals surface area contributed by atoms with Crippen molar-refractivity contribution < 1.29 is 9.53 Å². The third-order valence-electron chi connectivity index (χ3n) is 6.76. The molecule has 1 unspecified atom stereocenters. The van der Waals surface area contributed by atoms with Crippen molar-refractivity contribution >= 4 is 17.4 Å². The normalized spacial score (nSPS) is 15.3. The highest BCUT2D eigenvalue weighted by molar-refractivity contribution is 5.79. The third-order valence-corrected chi connectivity index (χ3v) is 6.76. The van der Waals surface area contributed by atoms with Crippen LogP contribution < -0.4 is 15.0 Å². The van der Waals surface area contributed by atoms with Gasteiger partial charge in [0.05, 0.1) is 18.2 Å². The largest absolute Gasteiger partial charge is 0.475 e. The smallest absolute Gasteiger partial charge is 0.231 e. The minimum absolute atomic E-state index is 0.0224. The third kappa shape index (κ3) is 5.54. The summed E-state index contributed by atoms with van der Waals surface area (Å²) in [7, 11) is 0. The van der Waals surface area contributed by atoms with Gasteiger partial charge in [-0.15, -0.1) is 15.3 Å². The number of hydrogen-bond donors (Lipinski definition) is 1. The molecule has 1 amide bonds. The lowest BCUT2D eigenvalue weighted by molar-refractivity contribution is -0.125. The molecule has 10 heteroatoms. The lowest BCUT2D eigenvalue weighted by atomic mass is 9.97. The molecule has 10 nitrogen and oxygen atoms in total. The van der Waals surface area contributed by atoms with Crippen molar-refractivity contribution in [3.05, 3.63) is 85.2 Å². The standard InChI is InChI=1S/C29H28N8O2/c38-29(23-12-7-16-36(19-23)26-18-24(31-20-32-26)21-8-3-1-4-9-21)30-15-17-39-27-14-13-25-33-34-28(37(25)35-27)22-10-5-2-6-11-22/h1-6,8-11,13-14,18,20,23H,7,12,15-17,19H2,(H,30,38). The number of fused-ring (bicyclic) bond motifs is 1. The molecule has 0 radical (unpaired) electrons. The van der Waals surface area contributed by atoms with Crippen LogP contribution in [0.25, 0.3) is 28.3 Å². The average Bonchev–Trinajstić information content (AvgIpc) is 3.44. The number of rotatable bonds is 8. The van der Waals surface area contributed by atoms with Crippen LogP contribution >= 0.6 is 0 Å². The lowest BCUT2D eigenvalue weighted by Gasteiger charge is -2.33. The molecule has 2 aromatic carbocycles. The van der Waals surface area contributed by atoms with Crippen molar-refractivity contribution in [1.29, 1.82) is 0 Å². The van der Waals surface area contributed by atoms with Gasteiger partial charge in [-0.25, -0.2) is 9.97 Å². The fraction of sp³-hybridized carbons (Fsp3) is 0.241. The molecule has 4 heterocycles. The Balaban J connectivity index is 1.03. The van der Waals surface area contributed by atoms with Gasteiger partial charge in [0.2, 0.25) is 11.8 Å². The molecular formula is C29H28N8O2. The molecule has 1 aliphatic rings. The van der Waals surface area contributed by atoms with Crippen molar-refractivity contribution in [1.82, 2.24) is 35.1 Å². The van der Waals surface area contributed by atoms with Crippen molar-refractivity contribution in [3.63, 3.8) is 0 Å². The van der Waals surface area contributed by atoms with Gasteiger partial charge in [-0.3, -0.25) is 4.79 Å². The highest BCUT2D eigenvalue weighted by Gasteiger charge is 2.26. The molecule has 1 aliphatic heterocycles. The van der Waals surface area contributed by atoms with E-state index in [0.717, 1.165) is 42.0 Å². The topological polar surface area (TPSA) is 110 Å². The van der Waals surface area contributed by atoms with Crippen LogP contribution in [0.5, 0.6) is 5.88 Å². The van der Waals surface area contributed by atoms with Crippen molar-refractivity contribution in [2.75, 3.05) is 31.1 Å². The minimum Gasteiger partial charge on any atom is -0.475 e. The summed E-state index contributed by atoms with van der Waals surface area (Å²) in [6.45, 7) is 2.16. The minimum atomic E-state index is -0.117. The van der Waals surface area contributed by atoms with Crippen LogP contribution in [0.3, 0.4) is 0 Å². The van der Waals surface area contributed by atoms with E-state index >= 15 is 0 Å². The number of nitrogens with one attached hydrogen (secondary N) is 1. The predicted molar refractivity (Wildman–Crippen MR) is 147 cm³/mol. The number of nitrogens with zero attached hydrogens (tertiary/aromatic N) is 7. The molecule has 1 N–H and O–H groups in total. The maximum absolute atomic E-state index is 13.0. The van der Waals surface area contributed by atoms with Crippen LogP contribution in [0.15, 0.2) is 85.2 Å². The SMILES string of the molecule is O=C(NCCOc1ccc2nnc(-c3ccccc3)n2n1)C1CCCN(c2cc(-c3ccccc3)ncn2)C1. The maximum Gasteiger partial charge on any atom is 0.231 e. The van der Waals surface area contributed by atoms with Gasteiger partial charge < -0.3 is 15.0 Å². The molecule has 0 aliphatic carbocycles. The summed E-state index contributed by atoms with van der Waals surface area (Å²) in [5.74, 6) is 1.83. The zero-order chi connectivity index (χ0) is 26.4. The molecule has 1 fully saturated rings. The molecule has 39 heavy (non-hydrogen) atoms. The van der Waals surface area contributed by atoms with Crippen LogP contribution in [0.4, 0.5) is 5.82 Å². The molecule has 0 bridgehead atoms. The van der Waals surface area contributed by atoms with Crippen molar-refractivity contribution in [2.45, 2.75) is 12.8 Å². The fourth-order valence-electron chi connectivity index (χ4n) is 4.78. The number of carbonyl (C=O) groups is 1. The molecule has 1 atom stereocenters. The maximum atomic E-state index is 13.0. The number of hydrogen-bond acceptors (Lipinski definition) is 8. The van der Waals surface area contributed by atoms with Gasteiger partial charge in [-0.05, 0) is 18.9 Å². The summed E-state index contributed by atoms with van der Waals surface area (Å²) in [4.78, 5) is 24.0. The van der Waals surface area contributed by atoms with Crippen LogP contribution in [-0.4, -0.2) is 61.9 Å². The number of ether oxygens (including phenoxy) is 1. The first-order valence-corrected chi connectivity index (χ1v) is 13.1.